The van der Waals surface area contributed by atoms with Gasteiger partial charge in [0.2, 0.25) is 0 Å². The molecule has 1 N–H and O–H groups in total. The number of nitrogens with zero attached hydrogens (tertiary/aromatic N) is 2. The van der Waals surface area contributed by atoms with Crippen LogP contribution < -0.4 is 0 Å². The van der Waals surface area contributed by atoms with Gasteiger partial charge in [0.25, 0.3) is 0 Å². The van der Waals surface area contributed by atoms with Crippen LogP contribution in [0.2, 0.25) is 0 Å². The quantitative estimate of drug-likeness (QED) is 0.842. The van der Waals surface area contributed by atoms with Gasteiger partial charge in [0, 0.05) is 18.0 Å². The molecule has 0 fully saturated rings. The lowest BCUT2D eigenvalue weighted by Gasteiger charge is -1.91. The van der Waals surface area contributed by atoms with Crippen LogP contribution in [0.15, 0.2) is 24.5 Å². The Bertz CT molecular complexity index is 493. The van der Waals surface area contributed by atoms with Crippen molar-refractivity contribution in [1.29, 1.82) is 0 Å². The lowest BCUT2D eigenvalue weighted by molar-refractivity contribution is 0.0701. The highest BCUT2D eigenvalue weighted by Gasteiger charge is 2.14. The normalized spacial score (nSPS) is 10.2. The summed E-state index contributed by atoms with van der Waals surface area (Å²) in [4.78, 5) is 19.2. The van der Waals surface area contributed by atoms with E-state index in [4.69, 9.17) is 5.11 Å². The monoisotopic (exact) mass is 220 g/mol. The summed E-state index contributed by atoms with van der Waals surface area (Å²) in [5.41, 5.74) is 1.45. The summed E-state index contributed by atoms with van der Waals surface area (Å²) in [7, 11) is 0. The van der Waals surface area contributed by atoms with E-state index in [-0.39, 0.29) is 0 Å². The number of carboxylic acids is 1. The van der Waals surface area contributed by atoms with Gasteiger partial charge in [0.1, 0.15) is 9.88 Å². The van der Waals surface area contributed by atoms with Gasteiger partial charge in [-0.2, -0.15) is 0 Å². The van der Waals surface area contributed by atoms with E-state index in [1.54, 1.807) is 19.3 Å². The van der Waals surface area contributed by atoms with Gasteiger partial charge in [0.05, 0.1) is 5.69 Å². The maximum absolute atomic E-state index is 10.8. The zero-order valence-corrected chi connectivity index (χ0v) is 8.78. The number of pyridine rings is 1. The van der Waals surface area contributed by atoms with Crippen LogP contribution in [0.5, 0.6) is 0 Å². The van der Waals surface area contributed by atoms with Crippen LogP contribution in [0.3, 0.4) is 0 Å². The minimum absolute atomic E-state index is 0.293. The van der Waals surface area contributed by atoms with Crippen molar-refractivity contribution in [3.8, 4) is 10.6 Å². The molecule has 0 aliphatic rings. The molecule has 0 saturated carbocycles. The summed E-state index contributed by atoms with van der Waals surface area (Å²) in [6.45, 7) is 1.70. The SMILES string of the molecule is Cc1nc(-c2ccncc2)sc1C(=O)O. The van der Waals surface area contributed by atoms with Crippen LogP contribution in [0.25, 0.3) is 10.6 Å². The first-order chi connectivity index (χ1) is 7.18. The summed E-state index contributed by atoms with van der Waals surface area (Å²) >= 11 is 1.18. The summed E-state index contributed by atoms with van der Waals surface area (Å²) in [5, 5.41) is 9.60. The Labute approximate surface area is 90.3 Å². The van der Waals surface area contributed by atoms with E-state index >= 15 is 0 Å². The second-order valence-corrected chi connectivity index (χ2v) is 3.97. The van der Waals surface area contributed by atoms with Crippen molar-refractivity contribution in [3.63, 3.8) is 0 Å². The fraction of sp³-hybridized carbons (Fsp3) is 0.100. The molecule has 0 unspecified atom stereocenters. The molecule has 0 bridgehead atoms. The summed E-state index contributed by atoms with van der Waals surface area (Å²) in [5.74, 6) is -0.926. The van der Waals surface area contributed by atoms with Gasteiger partial charge in [-0.3, -0.25) is 4.98 Å². The number of aromatic carboxylic acids is 1. The maximum Gasteiger partial charge on any atom is 0.347 e. The number of carboxylic acid groups (broad SMARTS) is 1. The molecule has 0 radical (unpaired) electrons. The van der Waals surface area contributed by atoms with Crippen LogP contribution in [0, 0.1) is 6.92 Å². The molecule has 0 amide bonds. The molecular formula is C10H8N2O2S. The fourth-order valence-electron chi connectivity index (χ4n) is 1.21. The summed E-state index contributed by atoms with van der Waals surface area (Å²) < 4.78 is 0. The van der Waals surface area contributed by atoms with Gasteiger partial charge in [0.15, 0.2) is 0 Å². The lowest BCUT2D eigenvalue weighted by atomic mass is 10.3. The van der Waals surface area contributed by atoms with Crippen molar-refractivity contribution < 1.29 is 9.90 Å². The molecule has 0 aliphatic carbocycles. The second kappa shape index (κ2) is 3.78. The van der Waals surface area contributed by atoms with Crippen molar-refractivity contribution in [1.82, 2.24) is 9.97 Å². The second-order valence-electron chi connectivity index (χ2n) is 2.97. The van der Waals surface area contributed by atoms with Crippen LogP contribution in [-0.2, 0) is 0 Å². The summed E-state index contributed by atoms with van der Waals surface area (Å²) in [6.07, 6.45) is 3.32. The van der Waals surface area contributed by atoms with E-state index in [2.05, 4.69) is 9.97 Å². The van der Waals surface area contributed by atoms with Gasteiger partial charge < -0.3 is 5.11 Å². The standard InChI is InChI=1S/C10H8N2O2S/c1-6-8(10(13)14)15-9(12-6)7-2-4-11-5-3-7/h2-5H,1H3,(H,13,14). The van der Waals surface area contributed by atoms with Crippen molar-refractivity contribution in [2.75, 3.05) is 0 Å². The maximum atomic E-state index is 10.8. The molecule has 0 atom stereocenters. The molecule has 5 heteroatoms. The van der Waals surface area contributed by atoms with E-state index in [1.165, 1.54) is 11.3 Å². The molecule has 15 heavy (non-hydrogen) atoms. The number of aromatic nitrogens is 2. The smallest absolute Gasteiger partial charge is 0.347 e. The topological polar surface area (TPSA) is 63.1 Å². The Balaban J connectivity index is 2.48. The van der Waals surface area contributed by atoms with Gasteiger partial charge in [-0.15, -0.1) is 11.3 Å². The molecular weight excluding hydrogens is 212 g/mol. The largest absolute Gasteiger partial charge is 0.477 e. The number of hydrogen-bond donors (Lipinski definition) is 1. The van der Waals surface area contributed by atoms with E-state index in [1.807, 2.05) is 12.1 Å². The highest BCUT2D eigenvalue weighted by Crippen LogP contribution is 2.27. The first-order valence-corrected chi connectivity index (χ1v) is 5.11. The van der Waals surface area contributed by atoms with Crippen molar-refractivity contribution in [3.05, 3.63) is 35.1 Å². The zero-order chi connectivity index (χ0) is 10.8. The van der Waals surface area contributed by atoms with Crippen LogP contribution in [-0.4, -0.2) is 21.0 Å². The predicted octanol–water partition coefficient (Wildman–Crippen LogP) is 2.21. The van der Waals surface area contributed by atoms with Crippen LogP contribution >= 0.6 is 11.3 Å². The number of aryl methyl sites for hydroxylation is 1. The molecule has 4 nitrogen and oxygen atoms in total. The first kappa shape index (κ1) is 9.79. The molecule has 2 heterocycles. The zero-order valence-electron chi connectivity index (χ0n) is 7.97. The average molecular weight is 220 g/mol. The molecule has 0 spiro atoms. The Morgan fingerprint density at radius 3 is 2.60 bits per heavy atom. The Morgan fingerprint density at radius 1 is 1.40 bits per heavy atom. The third-order valence-corrected chi connectivity index (χ3v) is 3.11. The molecule has 76 valence electrons. The molecule has 2 aromatic rings. The lowest BCUT2D eigenvalue weighted by Crippen LogP contribution is -1.94. The molecule has 0 aliphatic heterocycles. The predicted molar refractivity (Wildman–Crippen MR) is 57.0 cm³/mol. The Kier molecular flexibility index (Phi) is 2.47. The molecule has 0 saturated heterocycles. The molecule has 0 aromatic carbocycles. The van der Waals surface area contributed by atoms with Gasteiger partial charge in [-0.1, -0.05) is 0 Å². The number of hydrogen-bond acceptors (Lipinski definition) is 4. The molecule has 2 aromatic heterocycles. The van der Waals surface area contributed by atoms with E-state index in [9.17, 15) is 4.79 Å². The highest BCUT2D eigenvalue weighted by molar-refractivity contribution is 7.17. The first-order valence-electron chi connectivity index (χ1n) is 4.29. The van der Waals surface area contributed by atoms with Crippen LogP contribution in [0.1, 0.15) is 15.4 Å². The number of carbonyl (C=O) groups is 1. The minimum Gasteiger partial charge on any atom is -0.477 e. The minimum atomic E-state index is -0.926. The van der Waals surface area contributed by atoms with Crippen molar-refractivity contribution >= 4 is 17.3 Å². The van der Waals surface area contributed by atoms with E-state index in [0.29, 0.717) is 15.6 Å². The van der Waals surface area contributed by atoms with Crippen LogP contribution in [0.4, 0.5) is 0 Å². The van der Waals surface area contributed by atoms with Gasteiger partial charge in [-0.25, -0.2) is 9.78 Å². The highest BCUT2D eigenvalue weighted by atomic mass is 32.1. The average Bonchev–Trinajstić information content (AvgIpc) is 2.62. The van der Waals surface area contributed by atoms with E-state index < -0.39 is 5.97 Å². The Morgan fingerprint density at radius 2 is 2.07 bits per heavy atom. The van der Waals surface area contributed by atoms with Gasteiger partial charge in [-0.05, 0) is 19.1 Å². The third kappa shape index (κ3) is 1.87. The molecule has 2 rings (SSSR count). The number of thiazole rings is 1. The Hall–Kier alpha value is -1.75. The third-order valence-electron chi connectivity index (χ3n) is 1.92. The number of rotatable bonds is 2. The van der Waals surface area contributed by atoms with Crippen molar-refractivity contribution in [2.45, 2.75) is 6.92 Å². The van der Waals surface area contributed by atoms with Crippen molar-refractivity contribution in [2.24, 2.45) is 0 Å². The van der Waals surface area contributed by atoms with Gasteiger partial charge >= 0.3 is 5.97 Å². The summed E-state index contributed by atoms with van der Waals surface area (Å²) in [6, 6.07) is 3.62. The van der Waals surface area contributed by atoms with E-state index in [0.717, 1.165) is 5.56 Å². The fourth-order valence-corrected chi connectivity index (χ4v) is 2.12.